The molecule has 6 nitrogen and oxygen atoms in total. The van der Waals surface area contributed by atoms with E-state index >= 15 is 0 Å². The van der Waals surface area contributed by atoms with Crippen LogP contribution in [-0.4, -0.2) is 68.9 Å². The first kappa shape index (κ1) is 23.0. The van der Waals surface area contributed by atoms with E-state index in [2.05, 4.69) is 70.0 Å². The third-order valence-corrected chi connectivity index (χ3v) is 6.56. The van der Waals surface area contributed by atoms with E-state index in [-0.39, 0.29) is 5.54 Å². The second-order valence-electron chi connectivity index (χ2n) is 8.86. The summed E-state index contributed by atoms with van der Waals surface area (Å²) in [5, 5.41) is 11.2. The Labute approximate surface area is 182 Å². The number of benzene rings is 1. The molecule has 6 heteroatoms. The van der Waals surface area contributed by atoms with E-state index in [0.717, 1.165) is 38.6 Å². The number of nitrogens with zero attached hydrogens (tertiary/aromatic N) is 2. The van der Waals surface area contributed by atoms with E-state index in [4.69, 9.17) is 4.74 Å². The summed E-state index contributed by atoms with van der Waals surface area (Å²) in [5.74, 6) is 0.920. The Morgan fingerprint density at radius 3 is 2.53 bits per heavy atom. The zero-order chi connectivity index (χ0) is 21.2. The van der Waals surface area contributed by atoms with Crippen LogP contribution >= 0.6 is 0 Å². The molecule has 0 aliphatic carbocycles. The smallest absolute Gasteiger partial charge is 0.191 e. The fraction of sp³-hybridized carbons (Fsp3) is 0.708. The van der Waals surface area contributed by atoms with Crippen molar-refractivity contribution in [3.05, 3.63) is 35.9 Å². The molecule has 1 aromatic carbocycles. The molecule has 2 aliphatic rings. The third-order valence-electron chi connectivity index (χ3n) is 6.56. The summed E-state index contributed by atoms with van der Waals surface area (Å²) < 4.78 is 5.68. The number of ether oxygens (including phenoxy) is 1. The number of hydrogen-bond donors (Lipinski definition) is 3. The molecule has 168 valence electrons. The summed E-state index contributed by atoms with van der Waals surface area (Å²) in [6, 6.07) is 11.5. The van der Waals surface area contributed by atoms with Gasteiger partial charge in [-0.25, -0.2) is 0 Å². The molecule has 1 unspecified atom stereocenters. The maximum Gasteiger partial charge on any atom is 0.191 e. The molecule has 0 spiro atoms. The van der Waals surface area contributed by atoms with E-state index < -0.39 is 0 Å². The van der Waals surface area contributed by atoms with Crippen LogP contribution < -0.4 is 16.0 Å². The van der Waals surface area contributed by atoms with Crippen molar-refractivity contribution in [3.63, 3.8) is 0 Å². The summed E-state index contributed by atoms with van der Waals surface area (Å²) in [6.45, 7) is 10.5. The van der Waals surface area contributed by atoms with Gasteiger partial charge >= 0.3 is 0 Å². The van der Waals surface area contributed by atoms with Crippen LogP contribution in [0.15, 0.2) is 35.3 Å². The van der Waals surface area contributed by atoms with Crippen LogP contribution in [0.2, 0.25) is 0 Å². The number of aliphatic imine (C=N–C) groups is 1. The zero-order valence-corrected chi connectivity index (χ0v) is 19.1. The van der Waals surface area contributed by atoms with E-state index in [1.165, 1.54) is 44.5 Å². The summed E-state index contributed by atoms with van der Waals surface area (Å²) in [6.07, 6.45) is 5.61. The highest BCUT2D eigenvalue weighted by molar-refractivity contribution is 5.80. The van der Waals surface area contributed by atoms with Crippen molar-refractivity contribution in [1.29, 1.82) is 0 Å². The van der Waals surface area contributed by atoms with Crippen molar-refractivity contribution in [2.45, 2.75) is 63.6 Å². The molecular weight excluding hydrogens is 374 g/mol. The van der Waals surface area contributed by atoms with Gasteiger partial charge in [-0.15, -0.1) is 0 Å². The van der Waals surface area contributed by atoms with E-state index in [1.807, 2.05) is 7.05 Å². The average molecular weight is 416 g/mol. The van der Waals surface area contributed by atoms with Crippen molar-refractivity contribution in [1.82, 2.24) is 20.9 Å². The minimum Gasteiger partial charge on any atom is -0.381 e. The monoisotopic (exact) mass is 415 g/mol. The predicted octanol–water partition coefficient (Wildman–Crippen LogP) is 2.93. The first-order chi connectivity index (χ1) is 14.6. The highest BCUT2D eigenvalue weighted by Gasteiger charge is 2.34. The fourth-order valence-corrected chi connectivity index (χ4v) is 4.68. The maximum atomic E-state index is 5.68. The van der Waals surface area contributed by atoms with E-state index in [0.29, 0.717) is 12.1 Å². The molecule has 0 amide bonds. The van der Waals surface area contributed by atoms with Crippen molar-refractivity contribution >= 4 is 5.96 Å². The van der Waals surface area contributed by atoms with Gasteiger partial charge in [-0.1, -0.05) is 37.3 Å². The molecule has 2 fully saturated rings. The number of rotatable bonds is 8. The van der Waals surface area contributed by atoms with E-state index in [9.17, 15) is 0 Å². The normalized spacial score (nSPS) is 21.9. The Hall–Kier alpha value is -1.63. The van der Waals surface area contributed by atoms with Gasteiger partial charge in [0.25, 0.3) is 0 Å². The molecule has 3 rings (SSSR count). The molecule has 1 atom stereocenters. The largest absolute Gasteiger partial charge is 0.381 e. The second-order valence-corrected chi connectivity index (χ2v) is 8.86. The Balaban J connectivity index is 1.54. The molecule has 0 saturated carbocycles. The number of likely N-dealkylation sites (tertiary alicyclic amines) is 1. The Kier molecular flexibility index (Phi) is 8.97. The molecule has 2 heterocycles. The van der Waals surface area contributed by atoms with Crippen molar-refractivity contribution < 1.29 is 4.74 Å². The van der Waals surface area contributed by atoms with Crippen LogP contribution in [-0.2, 0) is 4.74 Å². The van der Waals surface area contributed by atoms with E-state index in [1.54, 1.807) is 0 Å². The SMILES string of the molecule is CCCN1CCC(NC(=NC)NCC2(NC(C)c3ccccc3)CCOCC2)CC1. The highest BCUT2D eigenvalue weighted by atomic mass is 16.5. The van der Waals surface area contributed by atoms with Crippen molar-refractivity contribution in [2.75, 3.05) is 46.4 Å². The van der Waals surface area contributed by atoms with Gasteiger partial charge in [0.2, 0.25) is 0 Å². The molecule has 0 radical (unpaired) electrons. The van der Waals surface area contributed by atoms with Gasteiger partial charge in [-0.3, -0.25) is 4.99 Å². The number of nitrogens with one attached hydrogen (secondary N) is 3. The minimum absolute atomic E-state index is 0.00954. The lowest BCUT2D eigenvalue weighted by atomic mass is 9.88. The third kappa shape index (κ3) is 6.69. The molecule has 0 bridgehead atoms. The molecular formula is C24H41N5O. The maximum absolute atomic E-state index is 5.68. The molecule has 3 N–H and O–H groups in total. The van der Waals surface area contributed by atoms with Gasteiger partial charge in [-0.05, 0) is 51.1 Å². The van der Waals surface area contributed by atoms with Gasteiger partial charge in [0, 0.05) is 57.5 Å². The zero-order valence-electron chi connectivity index (χ0n) is 19.1. The number of guanidine groups is 1. The van der Waals surface area contributed by atoms with Crippen molar-refractivity contribution in [3.8, 4) is 0 Å². The Morgan fingerprint density at radius 1 is 1.20 bits per heavy atom. The molecule has 0 aromatic heterocycles. The lowest BCUT2D eigenvalue weighted by molar-refractivity contribution is 0.0354. The minimum atomic E-state index is 0.00954. The second kappa shape index (κ2) is 11.7. The highest BCUT2D eigenvalue weighted by Crippen LogP contribution is 2.25. The van der Waals surface area contributed by atoms with Gasteiger partial charge in [0.05, 0.1) is 0 Å². The quantitative estimate of drug-likeness (QED) is 0.450. The topological polar surface area (TPSA) is 60.9 Å². The first-order valence-electron chi connectivity index (χ1n) is 11.7. The van der Waals surface area contributed by atoms with Crippen molar-refractivity contribution in [2.24, 2.45) is 4.99 Å². The molecule has 2 aliphatic heterocycles. The Morgan fingerprint density at radius 2 is 1.90 bits per heavy atom. The first-order valence-corrected chi connectivity index (χ1v) is 11.7. The van der Waals surface area contributed by atoms with Gasteiger partial charge in [-0.2, -0.15) is 0 Å². The number of hydrogen-bond acceptors (Lipinski definition) is 4. The van der Waals surface area contributed by atoms with Gasteiger partial charge in [0.15, 0.2) is 5.96 Å². The lowest BCUT2D eigenvalue weighted by Gasteiger charge is -2.41. The van der Waals surface area contributed by atoms with Crippen LogP contribution in [0.5, 0.6) is 0 Å². The standard InChI is InChI=1S/C24H41N5O/c1-4-14-29-15-10-22(11-16-29)27-23(25-3)26-19-24(12-17-30-18-13-24)28-20(2)21-8-6-5-7-9-21/h5-9,20,22,28H,4,10-19H2,1-3H3,(H2,25,26,27). The summed E-state index contributed by atoms with van der Waals surface area (Å²) in [5.41, 5.74) is 1.33. The van der Waals surface area contributed by atoms with Crippen LogP contribution in [0.25, 0.3) is 0 Å². The van der Waals surface area contributed by atoms with Crippen LogP contribution in [0.3, 0.4) is 0 Å². The fourth-order valence-electron chi connectivity index (χ4n) is 4.68. The Bertz CT molecular complexity index is 636. The van der Waals surface area contributed by atoms with Crippen LogP contribution in [0.4, 0.5) is 0 Å². The average Bonchev–Trinajstić information content (AvgIpc) is 2.79. The van der Waals surface area contributed by atoms with Crippen LogP contribution in [0.1, 0.15) is 57.6 Å². The molecule has 2 saturated heterocycles. The summed E-state index contributed by atoms with van der Waals surface area (Å²) >= 11 is 0. The summed E-state index contributed by atoms with van der Waals surface area (Å²) in [7, 11) is 1.87. The summed E-state index contributed by atoms with van der Waals surface area (Å²) in [4.78, 5) is 7.08. The number of piperidine rings is 1. The molecule has 1 aromatic rings. The van der Waals surface area contributed by atoms with Crippen LogP contribution in [0, 0.1) is 0 Å². The van der Waals surface area contributed by atoms with Gasteiger partial charge in [0.1, 0.15) is 0 Å². The molecule has 30 heavy (non-hydrogen) atoms. The van der Waals surface area contributed by atoms with Gasteiger partial charge < -0.3 is 25.6 Å². The lowest BCUT2D eigenvalue weighted by Crippen LogP contribution is -2.59. The predicted molar refractivity (Wildman–Crippen MR) is 125 cm³/mol.